The Morgan fingerprint density at radius 1 is 1.09 bits per heavy atom. The van der Waals surface area contributed by atoms with Gasteiger partial charge < -0.3 is 9.05 Å². The molecule has 0 aliphatic heterocycles. The molecule has 0 radical (unpaired) electrons. The summed E-state index contributed by atoms with van der Waals surface area (Å²) in [6.07, 6.45) is 1.91. The smallest absolute Gasteiger partial charge is 0.309 e. The number of benzene rings is 1. The molecule has 0 aliphatic rings. The lowest BCUT2D eigenvalue weighted by Crippen LogP contribution is -2.00. The first-order valence-corrected chi connectivity index (χ1v) is 9.26. The van der Waals surface area contributed by atoms with Crippen LogP contribution in [0.1, 0.15) is 19.5 Å². The average molecular weight is 340 g/mol. The summed E-state index contributed by atoms with van der Waals surface area (Å²) in [7, 11) is -3.12. The second-order valence-electron chi connectivity index (χ2n) is 4.65. The summed E-state index contributed by atoms with van der Waals surface area (Å²) < 4.78 is 23.0. The van der Waals surface area contributed by atoms with Crippen molar-refractivity contribution in [2.45, 2.75) is 20.0 Å². The monoisotopic (exact) mass is 339 g/mol. The molecule has 6 heteroatoms. The van der Waals surface area contributed by atoms with Gasteiger partial charge >= 0.3 is 7.60 Å². The van der Waals surface area contributed by atoms with Crippen LogP contribution in [0.5, 0.6) is 0 Å². The van der Waals surface area contributed by atoms with Gasteiger partial charge in [0.25, 0.3) is 0 Å². The van der Waals surface area contributed by atoms with E-state index in [1.165, 1.54) is 0 Å². The molecule has 0 N–H and O–H groups in total. The van der Waals surface area contributed by atoms with Gasteiger partial charge in [0.2, 0.25) is 0 Å². The van der Waals surface area contributed by atoms with Crippen LogP contribution in [0, 0.1) is 0 Å². The van der Waals surface area contributed by atoms with E-state index in [1.807, 2.05) is 36.4 Å². The van der Waals surface area contributed by atoms with Gasteiger partial charge in [-0.2, -0.15) is 0 Å². The highest BCUT2D eigenvalue weighted by Gasteiger charge is 2.24. The first-order chi connectivity index (χ1) is 10.6. The molecule has 118 valence electrons. The highest BCUT2D eigenvalue weighted by atomic mass is 35.5. The Bertz CT molecular complexity index is 651. The molecule has 0 saturated heterocycles. The van der Waals surface area contributed by atoms with E-state index in [1.54, 1.807) is 20.0 Å². The van der Waals surface area contributed by atoms with Crippen molar-refractivity contribution in [1.82, 2.24) is 4.98 Å². The lowest BCUT2D eigenvalue weighted by Gasteiger charge is -2.16. The Hall–Kier alpha value is -1.19. The van der Waals surface area contributed by atoms with Gasteiger partial charge in [-0.05, 0) is 37.6 Å². The van der Waals surface area contributed by atoms with E-state index in [9.17, 15) is 4.57 Å². The molecule has 0 amide bonds. The molecule has 2 rings (SSSR count). The lowest BCUT2D eigenvalue weighted by atomic mass is 10.1. The van der Waals surface area contributed by atoms with Crippen LogP contribution >= 0.6 is 19.2 Å². The Morgan fingerprint density at radius 3 is 2.36 bits per heavy atom. The number of pyridine rings is 1. The number of hydrogen-bond donors (Lipinski definition) is 0. The van der Waals surface area contributed by atoms with Crippen LogP contribution in [0.15, 0.2) is 42.6 Å². The van der Waals surface area contributed by atoms with Gasteiger partial charge in [-0.3, -0.25) is 9.55 Å². The fourth-order valence-corrected chi connectivity index (χ4v) is 3.90. The van der Waals surface area contributed by atoms with Gasteiger partial charge in [-0.15, -0.1) is 0 Å². The second kappa shape index (κ2) is 7.89. The summed E-state index contributed by atoms with van der Waals surface area (Å²) in [4.78, 5) is 4.36. The molecule has 0 unspecified atom stereocenters. The van der Waals surface area contributed by atoms with Crippen LogP contribution in [0.3, 0.4) is 0 Å². The highest BCUT2D eigenvalue weighted by Crippen LogP contribution is 2.50. The minimum atomic E-state index is -3.12. The fraction of sp³-hybridized carbons (Fsp3) is 0.312. The lowest BCUT2D eigenvalue weighted by molar-refractivity contribution is 0.219. The maximum Gasteiger partial charge on any atom is 0.336 e. The zero-order chi connectivity index (χ0) is 16.0. The Kier molecular flexibility index (Phi) is 6.16. The van der Waals surface area contributed by atoms with E-state index in [4.69, 9.17) is 20.6 Å². The van der Waals surface area contributed by atoms with Gasteiger partial charge in [0, 0.05) is 16.8 Å². The molecule has 0 atom stereocenters. The largest absolute Gasteiger partial charge is 0.336 e. The van der Waals surface area contributed by atoms with E-state index in [-0.39, 0.29) is 6.16 Å². The van der Waals surface area contributed by atoms with Crippen molar-refractivity contribution < 1.29 is 13.6 Å². The molecule has 0 fully saturated rings. The van der Waals surface area contributed by atoms with Gasteiger partial charge in [0.15, 0.2) is 0 Å². The van der Waals surface area contributed by atoms with Gasteiger partial charge in [-0.1, -0.05) is 29.8 Å². The predicted molar refractivity (Wildman–Crippen MR) is 89.2 cm³/mol. The van der Waals surface area contributed by atoms with E-state index in [2.05, 4.69) is 4.98 Å². The minimum absolute atomic E-state index is 0.171. The first-order valence-electron chi connectivity index (χ1n) is 7.15. The fourth-order valence-electron chi connectivity index (χ4n) is 2.08. The maximum atomic E-state index is 12.5. The third kappa shape index (κ3) is 4.65. The van der Waals surface area contributed by atoms with Crippen molar-refractivity contribution in [3.05, 3.63) is 53.3 Å². The van der Waals surface area contributed by atoms with Crippen molar-refractivity contribution in [2.75, 3.05) is 13.2 Å². The number of hydrogen-bond acceptors (Lipinski definition) is 4. The maximum absolute atomic E-state index is 12.5. The van der Waals surface area contributed by atoms with Gasteiger partial charge in [-0.25, -0.2) is 0 Å². The predicted octanol–water partition coefficient (Wildman–Crippen LogP) is 5.17. The standard InChI is InChI=1S/C16H19ClNO3P/c1-3-20-22(19,21-4-2)12-16-9-8-14(11-18-16)13-6-5-7-15(17)10-13/h5-11H,3-4,12H2,1-2H3. The Morgan fingerprint density at radius 2 is 1.82 bits per heavy atom. The molecule has 0 aliphatic carbocycles. The summed E-state index contributed by atoms with van der Waals surface area (Å²) in [5, 5.41) is 0.679. The topological polar surface area (TPSA) is 48.4 Å². The molecule has 4 nitrogen and oxygen atoms in total. The van der Waals surface area contributed by atoms with Crippen LogP contribution in [0.4, 0.5) is 0 Å². The van der Waals surface area contributed by atoms with E-state index in [0.717, 1.165) is 11.1 Å². The third-order valence-corrected chi connectivity index (χ3v) is 5.24. The van der Waals surface area contributed by atoms with Crippen molar-refractivity contribution in [3.63, 3.8) is 0 Å². The Labute approximate surface area is 136 Å². The van der Waals surface area contributed by atoms with Crippen LogP contribution < -0.4 is 0 Å². The van der Waals surface area contributed by atoms with Crippen LogP contribution in [-0.2, 0) is 19.8 Å². The zero-order valence-electron chi connectivity index (χ0n) is 12.7. The molecular weight excluding hydrogens is 321 g/mol. The minimum Gasteiger partial charge on any atom is -0.309 e. The Balaban J connectivity index is 2.16. The normalized spacial score (nSPS) is 11.6. The van der Waals surface area contributed by atoms with E-state index in [0.29, 0.717) is 23.9 Å². The van der Waals surface area contributed by atoms with Crippen LogP contribution in [-0.4, -0.2) is 18.2 Å². The molecule has 2 aromatic rings. The van der Waals surface area contributed by atoms with Crippen molar-refractivity contribution in [2.24, 2.45) is 0 Å². The summed E-state index contributed by atoms with van der Waals surface area (Å²) >= 11 is 5.99. The molecule has 0 spiro atoms. The molecule has 1 heterocycles. The molecular formula is C16H19ClNO3P. The van der Waals surface area contributed by atoms with E-state index >= 15 is 0 Å². The number of rotatable bonds is 7. The quantitative estimate of drug-likeness (QED) is 0.653. The zero-order valence-corrected chi connectivity index (χ0v) is 14.3. The number of nitrogens with zero attached hydrogens (tertiary/aromatic N) is 1. The van der Waals surface area contributed by atoms with Crippen LogP contribution in [0.25, 0.3) is 11.1 Å². The molecule has 1 aromatic carbocycles. The first kappa shape index (κ1) is 17.2. The third-order valence-electron chi connectivity index (χ3n) is 2.99. The van der Waals surface area contributed by atoms with Crippen molar-refractivity contribution >= 4 is 19.2 Å². The van der Waals surface area contributed by atoms with Crippen LogP contribution in [0.2, 0.25) is 5.02 Å². The summed E-state index contributed by atoms with van der Waals surface area (Å²) in [5.74, 6) is 0. The van der Waals surface area contributed by atoms with Crippen molar-refractivity contribution in [1.29, 1.82) is 0 Å². The molecule has 0 bridgehead atoms. The van der Waals surface area contributed by atoms with E-state index < -0.39 is 7.60 Å². The average Bonchev–Trinajstić information content (AvgIpc) is 2.48. The molecule has 22 heavy (non-hydrogen) atoms. The van der Waals surface area contributed by atoms with Gasteiger partial charge in [0.1, 0.15) is 0 Å². The SMILES string of the molecule is CCOP(=O)(Cc1ccc(-c2cccc(Cl)c2)cn1)OCC. The summed E-state index contributed by atoms with van der Waals surface area (Å²) in [6.45, 7) is 4.28. The summed E-state index contributed by atoms with van der Waals surface area (Å²) in [5.41, 5.74) is 2.62. The highest BCUT2D eigenvalue weighted by molar-refractivity contribution is 7.53. The molecule has 0 saturated carbocycles. The number of halogens is 1. The molecule has 1 aromatic heterocycles. The number of aromatic nitrogens is 1. The second-order valence-corrected chi connectivity index (χ2v) is 7.14. The van der Waals surface area contributed by atoms with Crippen molar-refractivity contribution in [3.8, 4) is 11.1 Å². The summed E-state index contributed by atoms with van der Waals surface area (Å²) in [6, 6.07) is 11.3. The van der Waals surface area contributed by atoms with Gasteiger partial charge in [0.05, 0.1) is 25.1 Å².